The number of rotatable bonds is 5. The SMILES string of the molecule is CC12CCC34CC35CC[C@H](OC3CN(C(=O)CC6CC6)CCO3)C(C)(C)C5CCC4C1CC1OC(C(=O)O)CCC12.[HH]. The first kappa shape index (κ1) is 27.4. The van der Waals surface area contributed by atoms with Gasteiger partial charge in [0.15, 0.2) is 12.4 Å². The molecule has 1 amide bonds. The summed E-state index contributed by atoms with van der Waals surface area (Å²) in [6.07, 6.45) is 14.2. The van der Waals surface area contributed by atoms with Crippen LogP contribution in [0.25, 0.3) is 0 Å². The smallest absolute Gasteiger partial charge is 0.332 e. The van der Waals surface area contributed by atoms with Crippen LogP contribution in [0.15, 0.2) is 0 Å². The third-order valence-corrected chi connectivity index (χ3v) is 14.7. The number of fused-ring (bicyclic) bond motifs is 4. The van der Waals surface area contributed by atoms with Gasteiger partial charge < -0.3 is 24.2 Å². The molecule has 2 spiro atoms. The van der Waals surface area contributed by atoms with Gasteiger partial charge in [0.05, 0.1) is 25.4 Å². The van der Waals surface area contributed by atoms with Gasteiger partial charge in [0, 0.05) is 14.4 Å². The van der Waals surface area contributed by atoms with Crippen molar-refractivity contribution in [2.24, 2.45) is 51.2 Å². The van der Waals surface area contributed by atoms with Crippen LogP contribution in [0.4, 0.5) is 0 Å². The number of carbonyl (C=O) groups is 2. The van der Waals surface area contributed by atoms with Crippen LogP contribution in [-0.4, -0.2) is 66.2 Å². The summed E-state index contributed by atoms with van der Waals surface area (Å²) in [5, 5.41) is 9.63. The lowest BCUT2D eigenvalue weighted by molar-refractivity contribution is -0.244. The number of nitrogens with zero attached hydrogens (tertiary/aromatic N) is 1. The van der Waals surface area contributed by atoms with Crippen molar-refractivity contribution in [1.82, 2.24) is 4.90 Å². The lowest BCUT2D eigenvalue weighted by Gasteiger charge is -2.60. The van der Waals surface area contributed by atoms with E-state index < -0.39 is 12.1 Å². The van der Waals surface area contributed by atoms with Crippen molar-refractivity contribution in [1.29, 1.82) is 0 Å². The van der Waals surface area contributed by atoms with Crippen LogP contribution in [0.5, 0.6) is 0 Å². The molecule has 230 valence electrons. The quantitative estimate of drug-likeness (QED) is 0.443. The Morgan fingerprint density at radius 3 is 2.54 bits per heavy atom. The van der Waals surface area contributed by atoms with Gasteiger partial charge >= 0.3 is 5.97 Å². The fourth-order valence-electron chi connectivity index (χ4n) is 12.5. The summed E-state index contributed by atoms with van der Waals surface area (Å²) in [5.74, 6) is 2.74. The van der Waals surface area contributed by atoms with E-state index in [0.29, 0.717) is 72.5 Å². The molecule has 8 rings (SSSR count). The Hall–Kier alpha value is -1.18. The number of aliphatic carboxylic acids is 1. The molecule has 10 unspecified atom stereocenters. The first-order valence-corrected chi connectivity index (χ1v) is 17.0. The summed E-state index contributed by atoms with van der Waals surface area (Å²) >= 11 is 0. The molecular weight excluding hydrogens is 518 g/mol. The Labute approximate surface area is 246 Å². The van der Waals surface area contributed by atoms with Crippen molar-refractivity contribution < 1.29 is 30.3 Å². The Morgan fingerprint density at radius 2 is 1.76 bits per heavy atom. The number of amides is 1. The van der Waals surface area contributed by atoms with Crippen LogP contribution in [0.3, 0.4) is 0 Å². The molecule has 11 atom stereocenters. The summed E-state index contributed by atoms with van der Waals surface area (Å²) < 4.78 is 19.2. The van der Waals surface area contributed by atoms with E-state index in [0.717, 1.165) is 25.2 Å². The van der Waals surface area contributed by atoms with E-state index in [2.05, 4.69) is 20.8 Å². The molecule has 0 aromatic carbocycles. The van der Waals surface area contributed by atoms with Crippen LogP contribution in [-0.2, 0) is 23.8 Å². The third-order valence-electron chi connectivity index (χ3n) is 14.7. The van der Waals surface area contributed by atoms with Crippen molar-refractivity contribution in [2.45, 2.75) is 129 Å². The maximum Gasteiger partial charge on any atom is 0.332 e. The van der Waals surface area contributed by atoms with Crippen LogP contribution < -0.4 is 0 Å². The van der Waals surface area contributed by atoms with Gasteiger partial charge in [-0.2, -0.15) is 0 Å². The van der Waals surface area contributed by atoms with Gasteiger partial charge in [-0.15, -0.1) is 0 Å². The molecule has 6 aliphatic carbocycles. The van der Waals surface area contributed by atoms with Crippen molar-refractivity contribution >= 4 is 11.9 Å². The van der Waals surface area contributed by atoms with E-state index in [9.17, 15) is 14.7 Å². The van der Waals surface area contributed by atoms with Gasteiger partial charge in [0.25, 0.3) is 0 Å². The van der Waals surface area contributed by atoms with E-state index in [1.165, 1.54) is 51.4 Å². The Kier molecular flexibility index (Phi) is 6.12. The minimum Gasteiger partial charge on any atom is -0.479 e. The Balaban J connectivity index is 0.00000288. The predicted molar refractivity (Wildman–Crippen MR) is 154 cm³/mol. The number of carbonyl (C=O) groups excluding carboxylic acids is 1. The summed E-state index contributed by atoms with van der Waals surface area (Å²) in [7, 11) is 0. The highest BCUT2D eigenvalue weighted by atomic mass is 16.7. The second-order valence-electron chi connectivity index (χ2n) is 16.5. The fraction of sp³-hybridized carbons (Fsp3) is 0.941. The van der Waals surface area contributed by atoms with Gasteiger partial charge in [-0.05, 0) is 128 Å². The van der Waals surface area contributed by atoms with Gasteiger partial charge in [-0.1, -0.05) is 20.8 Å². The largest absolute Gasteiger partial charge is 0.479 e. The molecule has 0 bridgehead atoms. The minimum atomic E-state index is -0.779. The normalized spacial score (nSPS) is 51.4. The average Bonchev–Trinajstić information content (AvgIpc) is 3.85. The highest BCUT2D eigenvalue weighted by Crippen LogP contribution is 2.87. The van der Waals surface area contributed by atoms with Crippen molar-refractivity contribution in [3.05, 3.63) is 0 Å². The zero-order valence-corrected chi connectivity index (χ0v) is 25.4. The molecule has 7 heteroatoms. The number of hydrogen-bond acceptors (Lipinski definition) is 5. The molecular formula is C34H53NO6. The second-order valence-corrected chi connectivity index (χ2v) is 16.5. The molecule has 8 fully saturated rings. The molecule has 7 nitrogen and oxygen atoms in total. The van der Waals surface area contributed by atoms with Crippen LogP contribution in [0.2, 0.25) is 0 Å². The van der Waals surface area contributed by atoms with Gasteiger partial charge in [0.1, 0.15) is 0 Å². The molecule has 2 saturated heterocycles. The minimum absolute atomic E-state index is 0. The standard InChI is InChI=1S/C34H51NO6.H2/c1-31(2)26-9-7-21-23-17-25-22(6-8-24(40-25)30(37)38)32(23,3)12-13-33(21)19-34(26,33)11-10-27(31)41-29-18-35(14-15-39-29)28(36)16-20-4-5-20;/h20-27,29H,4-19H2,1-3H3,(H,37,38);1H/t21?,22?,23?,24?,25?,26?,27-,29?,32?,33?,34?;/m0./s1. The third kappa shape index (κ3) is 3.92. The number of morpholine rings is 1. The van der Waals surface area contributed by atoms with E-state index in [1.807, 2.05) is 4.90 Å². The molecule has 6 saturated carbocycles. The predicted octanol–water partition coefficient (Wildman–Crippen LogP) is 5.89. The number of hydrogen-bond donors (Lipinski definition) is 1. The zero-order chi connectivity index (χ0) is 28.4. The topological polar surface area (TPSA) is 85.3 Å². The van der Waals surface area contributed by atoms with Gasteiger partial charge in [0.2, 0.25) is 5.91 Å². The molecule has 2 aliphatic heterocycles. The van der Waals surface area contributed by atoms with Gasteiger partial charge in [-0.25, -0.2) is 4.79 Å². The Morgan fingerprint density at radius 1 is 0.951 bits per heavy atom. The summed E-state index contributed by atoms with van der Waals surface area (Å²) in [4.78, 5) is 26.5. The molecule has 1 N–H and O–H groups in total. The first-order chi connectivity index (χ1) is 19.6. The fourth-order valence-corrected chi connectivity index (χ4v) is 12.5. The molecule has 2 heterocycles. The molecule has 0 radical (unpaired) electrons. The summed E-state index contributed by atoms with van der Waals surface area (Å²) in [6, 6.07) is 0. The molecule has 0 aromatic heterocycles. The van der Waals surface area contributed by atoms with Crippen LogP contribution >= 0.6 is 0 Å². The number of ether oxygens (including phenoxy) is 3. The van der Waals surface area contributed by atoms with Crippen molar-refractivity contribution in [3.63, 3.8) is 0 Å². The first-order valence-electron chi connectivity index (χ1n) is 17.0. The second kappa shape index (κ2) is 9.17. The highest BCUT2D eigenvalue weighted by molar-refractivity contribution is 5.76. The lowest BCUT2D eigenvalue weighted by atomic mass is 9.46. The van der Waals surface area contributed by atoms with Crippen molar-refractivity contribution in [2.75, 3.05) is 19.7 Å². The Bertz CT molecular complexity index is 1110. The summed E-state index contributed by atoms with van der Waals surface area (Å²) in [6.45, 7) is 9.31. The lowest BCUT2D eigenvalue weighted by Crippen LogP contribution is -2.56. The summed E-state index contributed by atoms with van der Waals surface area (Å²) in [5.41, 5.74) is 1.30. The van der Waals surface area contributed by atoms with E-state index in [1.54, 1.807) is 0 Å². The maximum absolute atomic E-state index is 12.8. The van der Waals surface area contributed by atoms with E-state index in [4.69, 9.17) is 14.2 Å². The van der Waals surface area contributed by atoms with Crippen LogP contribution in [0, 0.1) is 51.2 Å². The van der Waals surface area contributed by atoms with Gasteiger partial charge in [-0.3, -0.25) is 4.79 Å². The molecule has 8 aliphatic rings. The van der Waals surface area contributed by atoms with E-state index >= 15 is 0 Å². The molecule has 41 heavy (non-hydrogen) atoms. The monoisotopic (exact) mass is 571 g/mol. The number of carboxylic acid groups (broad SMARTS) is 1. The molecule has 0 aromatic rings. The number of carboxylic acids is 1. The highest BCUT2D eigenvalue weighted by Gasteiger charge is 2.80. The van der Waals surface area contributed by atoms with E-state index in [-0.39, 0.29) is 31.2 Å². The zero-order valence-electron chi connectivity index (χ0n) is 25.4. The maximum atomic E-state index is 12.8. The average molecular weight is 572 g/mol. The van der Waals surface area contributed by atoms with Crippen LogP contribution in [0.1, 0.15) is 106 Å². The van der Waals surface area contributed by atoms with Crippen molar-refractivity contribution in [3.8, 4) is 0 Å².